The lowest BCUT2D eigenvalue weighted by Crippen LogP contribution is -2.46. The molecule has 1 atom stereocenters. The normalized spacial score (nSPS) is 17.1. The lowest BCUT2D eigenvalue weighted by Gasteiger charge is -2.35. The summed E-state index contributed by atoms with van der Waals surface area (Å²) < 4.78 is 1.62. The Kier molecular flexibility index (Phi) is 6.50. The molecule has 1 unspecified atom stereocenters. The van der Waals surface area contributed by atoms with Crippen LogP contribution in [-0.4, -0.2) is 39.7 Å². The monoisotopic (exact) mass is 422 g/mol. The van der Waals surface area contributed by atoms with Gasteiger partial charge in [0.15, 0.2) is 0 Å². The van der Waals surface area contributed by atoms with Crippen LogP contribution in [0.15, 0.2) is 60.7 Å². The Morgan fingerprint density at radius 1 is 1.10 bits per heavy atom. The van der Waals surface area contributed by atoms with Gasteiger partial charge in [-0.25, -0.2) is 4.68 Å². The van der Waals surface area contributed by atoms with E-state index >= 15 is 0 Å². The lowest BCUT2D eigenvalue weighted by molar-refractivity contribution is 0.0907. The highest BCUT2D eigenvalue weighted by Crippen LogP contribution is 2.24. The Bertz CT molecular complexity index is 987. The largest absolute Gasteiger partial charge is 0.350 e. The number of carbonyl (C=O) groups is 1. The number of hydrogen-bond acceptors (Lipinski definition) is 3. The zero-order valence-corrected chi connectivity index (χ0v) is 18.0. The van der Waals surface area contributed by atoms with Gasteiger partial charge in [0.05, 0.1) is 16.9 Å². The third-order valence-corrected chi connectivity index (χ3v) is 6.06. The fourth-order valence-corrected chi connectivity index (χ4v) is 4.47. The Hall–Kier alpha value is -2.63. The summed E-state index contributed by atoms with van der Waals surface area (Å²) in [5.41, 5.74) is 3.22. The molecule has 2 heterocycles. The van der Waals surface area contributed by atoms with Gasteiger partial charge in [-0.15, -0.1) is 0 Å². The van der Waals surface area contributed by atoms with Crippen molar-refractivity contribution >= 4 is 17.5 Å². The number of para-hydroxylation sites is 1. The summed E-state index contributed by atoms with van der Waals surface area (Å²) >= 11 is 6.55. The molecule has 30 heavy (non-hydrogen) atoms. The van der Waals surface area contributed by atoms with Crippen LogP contribution in [0, 0.1) is 6.92 Å². The molecule has 0 saturated carbocycles. The highest BCUT2D eigenvalue weighted by Gasteiger charge is 2.25. The molecule has 156 valence electrons. The van der Waals surface area contributed by atoms with Crippen molar-refractivity contribution in [3.8, 4) is 5.69 Å². The molecule has 0 aliphatic carbocycles. The lowest BCUT2D eigenvalue weighted by atomic mass is 10.0. The van der Waals surface area contributed by atoms with E-state index in [1.807, 2.05) is 43.3 Å². The van der Waals surface area contributed by atoms with Crippen molar-refractivity contribution < 1.29 is 4.79 Å². The number of piperidine rings is 1. The number of nitrogens with zero attached hydrogens (tertiary/aromatic N) is 3. The minimum atomic E-state index is -0.162. The molecule has 2 aromatic carbocycles. The second-order valence-corrected chi connectivity index (χ2v) is 8.17. The molecule has 0 spiro atoms. The maximum atomic E-state index is 13.0. The van der Waals surface area contributed by atoms with Crippen LogP contribution in [0.2, 0.25) is 5.15 Å². The molecule has 1 aliphatic heterocycles. The first-order valence-electron chi connectivity index (χ1n) is 10.5. The number of rotatable bonds is 6. The summed E-state index contributed by atoms with van der Waals surface area (Å²) in [6.07, 6.45) is 3.48. The van der Waals surface area contributed by atoms with E-state index in [1.165, 1.54) is 18.4 Å². The predicted molar refractivity (Wildman–Crippen MR) is 120 cm³/mol. The number of likely N-dealkylation sites (tertiary alicyclic amines) is 1. The fraction of sp³-hybridized carbons (Fsp3) is 0.333. The number of nitrogens with one attached hydrogen (secondary N) is 1. The van der Waals surface area contributed by atoms with E-state index in [-0.39, 0.29) is 5.91 Å². The van der Waals surface area contributed by atoms with Crippen LogP contribution in [0.1, 0.15) is 40.9 Å². The molecule has 1 aromatic heterocycles. The minimum Gasteiger partial charge on any atom is -0.350 e. The summed E-state index contributed by atoms with van der Waals surface area (Å²) in [5.74, 6) is -0.162. The minimum absolute atomic E-state index is 0.162. The second-order valence-electron chi connectivity index (χ2n) is 7.81. The van der Waals surface area contributed by atoms with Crippen LogP contribution in [0.3, 0.4) is 0 Å². The predicted octanol–water partition coefficient (Wildman–Crippen LogP) is 4.62. The van der Waals surface area contributed by atoms with Crippen molar-refractivity contribution in [3.63, 3.8) is 0 Å². The second kappa shape index (κ2) is 9.45. The summed E-state index contributed by atoms with van der Waals surface area (Å²) in [6.45, 7) is 4.40. The first-order chi connectivity index (χ1) is 14.6. The maximum Gasteiger partial charge on any atom is 0.256 e. The van der Waals surface area contributed by atoms with Crippen molar-refractivity contribution in [2.45, 2.75) is 38.8 Å². The molecule has 6 heteroatoms. The molecular weight excluding hydrogens is 396 g/mol. The van der Waals surface area contributed by atoms with Gasteiger partial charge in [-0.1, -0.05) is 66.6 Å². The van der Waals surface area contributed by atoms with Crippen LogP contribution in [0.25, 0.3) is 5.69 Å². The molecule has 0 radical (unpaired) electrons. The van der Waals surface area contributed by atoms with Crippen molar-refractivity contribution in [2.75, 3.05) is 13.1 Å². The van der Waals surface area contributed by atoms with Crippen LogP contribution in [0.5, 0.6) is 0 Å². The topological polar surface area (TPSA) is 50.2 Å². The van der Waals surface area contributed by atoms with E-state index in [0.717, 1.165) is 25.2 Å². The van der Waals surface area contributed by atoms with E-state index in [1.54, 1.807) is 4.68 Å². The van der Waals surface area contributed by atoms with Gasteiger partial charge < -0.3 is 5.32 Å². The Morgan fingerprint density at radius 3 is 2.53 bits per heavy atom. The van der Waals surface area contributed by atoms with Gasteiger partial charge in [-0.2, -0.15) is 5.10 Å². The molecule has 1 fully saturated rings. The molecule has 4 rings (SSSR count). The van der Waals surface area contributed by atoms with Crippen LogP contribution >= 0.6 is 11.6 Å². The van der Waals surface area contributed by atoms with Gasteiger partial charge in [0.1, 0.15) is 5.15 Å². The van der Waals surface area contributed by atoms with Crippen molar-refractivity contribution in [1.82, 2.24) is 20.0 Å². The standard InChI is InChI=1S/C24H27ClN4O/c1-18-22(23(25)29(27-18)20-12-6-3-7-13-20)24(30)26-16-21-14-8-9-15-28(21)17-19-10-4-2-5-11-19/h2-7,10-13,21H,8-9,14-17H2,1H3,(H,26,30). The molecular formula is C24H27ClN4O. The molecule has 1 saturated heterocycles. The Morgan fingerprint density at radius 2 is 1.80 bits per heavy atom. The number of aryl methyl sites for hydroxylation is 1. The van der Waals surface area contributed by atoms with Gasteiger partial charge in [0.2, 0.25) is 0 Å². The molecule has 1 amide bonds. The van der Waals surface area contributed by atoms with Gasteiger partial charge in [-0.3, -0.25) is 9.69 Å². The Balaban J connectivity index is 1.44. The number of amides is 1. The van der Waals surface area contributed by atoms with Crippen LogP contribution in [-0.2, 0) is 6.54 Å². The van der Waals surface area contributed by atoms with Gasteiger partial charge in [0, 0.05) is 19.1 Å². The van der Waals surface area contributed by atoms with Gasteiger partial charge in [0.25, 0.3) is 5.91 Å². The maximum absolute atomic E-state index is 13.0. The number of carbonyl (C=O) groups excluding carboxylic acids is 1. The van der Waals surface area contributed by atoms with Crippen molar-refractivity contribution in [1.29, 1.82) is 0 Å². The molecule has 5 nitrogen and oxygen atoms in total. The Labute approximate surface area is 182 Å². The summed E-state index contributed by atoms with van der Waals surface area (Å²) in [5, 5.41) is 7.94. The van der Waals surface area contributed by atoms with Crippen LogP contribution in [0.4, 0.5) is 0 Å². The van der Waals surface area contributed by atoms with Crippen molar-refractivity contribution in [3.05, 3.63) is 82.6 Å². The van der Waals surface area contributed by atoms with E-state index in [4.69, 9.17) is 11.6 Å². The SMILES string of the molecule is Cc1nn(-c2ccccc2)c(Cl)c1C(=O)NCC1CCCCN1Cc1ccccc1. The van der Waals surface area contributed by atoms with Crippen LogP contribution < -0.4 is 5.32 Å². The van der Waals surface area contributed by atoms with E-state index < -0.39 is 0 Å². The quantitative estimate of drug-likeness (QED) is 0.630. The van der Waals surface area contributed by atoms with Gasteiger partial charge in [-0.05, 0) is 44.0 Å². The molecule has 1 N–H and O–H groups in total. The third kappa shape index (κ3) is 4.58. The van der Waals surface area contributed by atoms with Gasteiger partial charge >= 0.3 is 0 Å². The molecule has 3 aromatic rings. The first kappa shape index (κ1) is 20.6. The summed E-state index contributed by atoms with van der Waals surface area (Å²) in [4.78, 5) is 15.4. The van der Waals surface area contributed by atoms with Crippen molar-refractivity contribution in [2.24, 2.45) is 0 Å². The highest BCUT2D eigenvalue weighted by atomic mass is 35.5. The van der Waals surface area contributed by atoms with E-state index in [2.05, 4.69) is 39.6 Å². The first-order valence-corrected chi connectivity index (χ1v) is 10.9. The number of halogens is 1. The molecule has 0 bridgehead atoms. The number of benzene rings is 2. The van der Waals surface area contributed by atoms with E-state index in [9.17, 15) is 4.79 Å². The average molecular weight is 423 g/mol. The fourth-order valence-electron chi connectivity index (χ4n) is 4.11. The smallest absolute Gasteiger partial charge is 0.256 e. The average Bonchev–Trinajstić information content (AvgIpc) is 3.08. The summed E-state index contributed by atoms with van der Waals surface area (Å²) in [7, 11) is 0. The zero-order chi connectivity index (χ0) is 20.9. The third-order valence-electron chi connectivity index (χ3n) is 5.71. The molecule has 1 aliphatic rings. The number of aromatic nitrogens is 2. The highest BCUT2D eigenvalue weighted by molar-refractivity contribution is 6.33. The van der Waals surface area contributed by atoms with E-state index in [0.29, 0.717) is 29.0 Å². The zero-order valence-electron chi connectivity index (χ0n) is 17.2. The summed E-state index contributed by atoms with van der Waals surface area (Å²) in [6, 6.07) is 20.5. The number of hydrogen-bond donors (Lipinski definition) is 1.